The first-order chi connectivity index (χ1) is 10.4. The van der Waals surface area contributed by atoms with Gasteiger partial charge in [-0.25, -0.2) is 4.79 Å². The van der Waals surface area contributed by atoms with Crippen LogP contribution < -0.4 is 10.2 Å². The maximum Gasteiger partial charge on any atom is 0.321 e. The van der Waals surface area contributed by atoms with E-state index in [1.807, 2.05) is 0 Å². The van der Waals surface area contributed by atoms with Crippen LogP contribution in [0.3, 0.4) is 0 Å². The van der Waals surface area contributed by atoms with Crippen LogP contribution in [0.4, 0.5) is 10.5 Å². The Morgan fingerprint density at radius 2 is 2.00 bits per heavy atom. The van der Waals surface area contributed by atoms with Gasteiger partial charge in [0.05, 0.1) is 5.92 Å². The van der Waals surface area contributed by atoms with Gasteiger partial charge in [-0.3, -0.25) is 14.5 Å². The van der Waals surface area contributed by atoms with Crippen LogP contribution in [0.1, 0.15) is 17.3 Å². The molecule has 0 aliphatic carbocycles. The summed E-state index contributed by atoms with van der Waals surface area (Å²) in [5.41, 5.74) is 1.19. The molecule has 1 aromatic carbocycles. The zero-order valence-corrected chi connectivity index (χ0v) is 12.6. The highest BCUT2D eigenvalue weighted by molar-refractivity contribution is 5.97. The predicted octanol–water partition coefficient (Wildman–Crippen LogP) is 1.01. The summed E-state index contributed by atoms with van der Waals surface area (Å²) in [6.07, 6.45) is 0. The summed E-state index contributed by atoms with van der Waals surface area (Å²) in [5, 5.41) is 11.6. The Hall–Kier alpha value is -2.57. The Morgan fingerprint density at radius 3 is 2.50 bits per heavy atom. The molecule has 7 heteroatoms. The molecule has 1 heterocycles. The minimum absolute atomic E-state index is 0.143. The van der Waals surface area contributed by atoms with E-state index in [4.69, 9.17) is 5.11 Å². The first-order valence-electron chi connectivity index (χ1n) is 7.04. The molecule has 1 saturated heterocycles. The van der Waals surface area contributed by atoms with Gasteiger partial charge >= 0.3 is 12.0 Å². The highest BCUT2D eigenvalue weighted by Crippen LogP contribution is 2.18. The van der Waals surface area contributed by atoms with Crippen LogP contribution in [0.25, 0.3) is 0 Å². The standard InChI is InChI=1S/C15H19N3O4/c1-10(14(20)21)9-17(2)13(19)11-3-5-12(6-4-11)18-8-7-16-15(18)22/h3-6,10H,7-9H2,1-2H3,(H,16,22)(H,20,21). The van der Waals surface area contributed by atoms with Gasteiger partial charge in [0.25, 0.3) is 5.91 Å². The second-order valence-corrected chi connectivity index (χ2v) is 5.36. The molecular formula is C15H19N3O4. The molecule has 0 bridgehead atoms. The van der Waals surface area contributed by atoms with Crippen LogP contribution in [-0.4, -0.2) is 54.6 Å². The number of anilines is 1. The zero-order valence-electron chi connectivity index (χ0n) is 12.6. The topological polar surface area (TPSA) is 90.0 Å². The molecule has 0 radical (unpaired) electrons. The Bertz CT molecular complexity index is 585. The summed E-state index contributed by atoms with van der Waals surface area (Å²) in [7, 11) is 1.57. The Morgan fingerprint density at radius 1 is 1.36 bits per heavy atom. The third-order valence-corrected chi connectivity index (χ3v) is 3.60. The Balaban J connectivity index is 2.04. The smallest absolute Gasteiger partial charge is 0.321 e. The van der Waals surface area contributed by atoms with Crippen LogP contribution in [0.15, 0.2) is 24.3 Å². The first kappa shape index (κ1) is 15.8. The van der Waals surface area contributed by atoms with Crippen molar-refractivity contribution in [2.75, 3.05) is 31.6 Å². The van der Waals surface area contributed by atoms with E-state index in [1.165, 1.54) is 4.90 Å². The number of carbonyl (C=O) groups is 3. The number of carbonyl (C=O) groups excluding carboxylic acids is 2. The van der Waals surface area contributed by atoms with E-state index >= 15 is 0 Å². The predicted molar refractivity (Wildman–Crippen MR) is 80.9 cm³/mol. The lowest BCUT2D eigenvalue weighted by Crippen LogP contribution is -2.33. The van der Waals surface area contributed by atoms with E-state index in [9.17, 15) is 14.4 Å². The molecule has 1 unspecified atom stereocenters. The van der Waals surface area contributed by atoms with E-state index < -0.39 is 11.9 Å². The number of amides is 3. The number of nitrogens with one attached hydrogen (secondary N) is 1. The molecule has 1 fully saturated rings. The van der Waals surface area contributed by atoms with E-state index in [2.05, 4.69) is 5.32 Å². The average Bonchev–Trinajstić information content (AvgIpc) is 2.92. The van der Waals surface area contributed by atoms with Crippen molar-refractivity contribution in [2.24, 2.45) is 5.92 Å². The first-order valence-corrected chi connectivity index (χ1v) is 7.04. The zero-order chi connectivity index (χ0) is 16.3. The molecule has 2 rings (SSSR count). The summed E-state index contributed by atoms with van der Waals surface area (Å²) in [6, 6.07) is 6.57. The molecule has 1 aliphatic rings. The number of nitrogens with zero attached hydrogens (tertiary/aromatic N) is 2. The molecule has 3 amide bonds. The van der Waals surface area contributed by atoms with E-state index in [-0.39, 0.29) is 18.5 Å². The summed E-state index contributed by atoms with van der Waals surface area (Å²) in [6.45, 7) is 2.91. The van der Waals surface area contributed by atoms with E-state index in [1.54, 1.807) is 43.1 Å². The number of hydrogen-bond acceptors (Lipinski definition) is 3. The maximum atomic E-state index is 12.2. The second-order valence-electron chi connectivity index (χ2n) is 5.36. The molecule has 118 valence electrons. The van der Waals surface area contributed by atoms with Crippen molar-refractivity contribution in [1.82, 2.24) is 10.2 Å². The normalized spacial score (nSPS) is 15.4. The van der Waals surface area contributed by atoms with Crippen molar-refractivity contribution in [1.29, 1.82) is 0 Å². The fourth-order valence-corrected chi connectivity index (χ4v) is 2.29. The van der Waals surface area contributed by atoms with Crippen LogP contribution in [0.2, 0.25) is 0 Å². The van der Waals surface area contributed by atoms with Gasteiger partial charge in [0, 0.05) is 37.9 Å². The number of rotatable bonds is 5. The van der Waals surface area contributed by atoms with Gasteiger partial charge in [0.15, 0.2) is 0 Å². The highest BCUT2D eigenvalue weighted by atomic mass is 16.4. The van der Waals surface area contributed by atoms with Crippen LogP contribution >= 0.6 is 0 Å². The summed E-state index contributed by atoms with van der Waals surface area (Å²) in [4.78, 5) is 37.6. The van der Waals surface area contributed by atoms with Crippen molar-refractivity contribution in [3.63, 3.8) is 0 Å². The lowest BCUT2D eigenvalue weighted by molar-refractivity contribution is -0.141. The molecule has 0 saturated carbocycles. The number of carboxylic acid groups (broad SMARTS) is 1. The van der Waals surface area contributed by atoms with Crippen LogP contribution in [0.5, 0.6) is 0 Å². The number of carboxylic acids is 1. The van der Waals surface area contributed by atoms with E-state index in [0.29, 0.717) is 18.7 Å². The van der Waals surface area contributed by atoms with Gasteiger partial charge in [0.1, 0.15) is 0 Å². The summed E-state index contributed by atoms with van der Waals surface area (Å²) in [5.74, 6) is -1.80. The van der Waals surface area contributed by atoms with Gasteiger partial charge in [-0.2, -0.15) is 0 Å². The monoisotopic (exact) mass is 305 g/mol. The van der Waals surface area contributed by atoms with Crippen molar-refractivity contribution in [3.05, 3.63) is 29.8 Å². The Kier molecular flexibility index (Phi) is 4.65. The lowest BCUT2D eigenvalue weighted by Gasteiger charge is -2.20. The second kappa shape index (κ2) is 6.46. The van der Waals surface area contributed by atoms with Gasteiger partial charge in [-0.15, -0.1) is 0 Å². The van der Waals surface area contributed by atoms with Crippen LogP contribution in [0, 0.1) is 5.92 Å². The Labute approximate surface area is 128 Å². The summed E-state index contributed by atoms with van der Waals surface area (Å²) < 4.78 is 0. The van der Waals surface area contributed by atoms with Crippen molar-refractivity contribution < 1.29 is 19.5 Å². The molecule has 0 spiro atoms. The van der Waals surface area contributed by atoms with Crippen LogP contribution in [-0.2, 0) is 4.79 Å². The van der Waals surface area contributed by atoms with Crippen molar-refractivity contribution in [3.8, 4) is 0 Å². The molecular weight excluding hydrogens is 286 g/mol. The van der Waals surface area contributed by atoms with Gasteiger partial charge in [-0.05, 0) is 24.3 Å². The fraction of sp³-hybridized carbons (Fsp3) is 0.400. The van der Waals surface area contributed by atoms with Gasteiger partial charge in [0.2, 0.25) is 0 Å². The number of aliphatic carboxylic acids is 1. The largest absolute Gasteiger partial charge is 0.481 e. The lowest BCUT2D eigenvalue weighted by atomic mass is 10.1. The number of benzene rings is 1. The van der Waals surface area contributed by atoms with Gasteiger partial charge in [-0.1, -0.05) is 6.92 Å². The summed E-state index contributed by atoms with van der Waals surface area (Å²) >= 11 is 0. The molecule has 1 atom stereocenters. The molecule has 1 aliphatic heterocycles. The van der Waals surface area contributed by atoms with Gasteiger partial charge < -0.3 is 15.3 Å². The highest BCUT2D eigenvalue weighted by Gasteiger charge is 2.22. The van der Waals surface area contributed by atoms with E-state index in [0.717, 1.165) is 5.69 Å². The SMILES string of the molecule is CC(CN(C)C(=O)c1ccc(N2CCNC2=O)cc1)C(=O)O. The average molecular weight is 305 g/mol. The minimum Gasteiger partial charge on any atom is -0.481 e. The quantitative estimate of drug-likeness (QED) is 0.849. The molecule has 1 aromatic rings. The molecule has 7 nitrogen and oxygen atoms in total. The third-order valence-electron chi connectivity index (χ3n) is 3.60. The number of hydrogen-bond donors (Lipinski definition) is 2. The maximum absolute atomic E-state index is 12.2. The molecule has 2 N–H and O–H groups in total. The third kappa shape index (κ3) is 3.36. The minimum atomic E-state index is -0.935. The fourth-order valence-electron chi connectivity index (χ4n) is 2.29. The molecule has 0 aromatic heterocycles. The molecule has 22 heavy (non-hydrogen) atoms. The van der Waals surface area contributed by atoms with Crippen molar-refractivity contribution in [2.45, 2.75) is 6.92 Å². The van der Waals surface area contributed by atoms with Crippen molar-refractivity contribution >= 4 is 23.6 Å². The number of urea groups is 1.